The van der Waals surface area contributed by atoms with Gasteiger partial charge in [0.15, 0.2) is 5.60 Å². The molecule has 0 saturated heterocycles. The van der Waals surface area contributed by atoms with Gasteiger partial charge in [0.1, 0.15) is 22.9 Å². The van der Waals surface area contributed by atoms with Crippen molar-refractivity contribution in [3.8, 4) is 16.9 Å². The van der Waals surface area contributed by atoms with Crippen LogP contribution >= 0.6 is 0 Å². The summed E-state index contributed by atoms with van der Waals surface area (Å²) in [7, 11) is 0. The number of hydrogen-bond acceptors (Lipinski definition) is 5. The maximum Gasteiger partial charge on any atom is 0.349 e. The van der Waals surface area contributed by atoms with Crippen molar-refractivity contribution in [2.45, 2.75) is 96.7 Å². The number of benzene rings is 2. The van der Waals surface area contributed by atoms with E-state index in [1.807, 2.05) is 29.2 Å². The van der Waals surface area contributed by atoms with Gasteiger partial charge in [-0.2, -0.15) is 0 Å². The first-order valence-corrected chi connectivity index (χ1v) is 13.8. The fourth-order valence-electron chi connectivity index (χ4n) is 5.28. The van der Waals surface area contributed by atoms with E-state index in [2.05, 4.69) is 6.92 Å². The molecule has 1 aliphatic heterocycles. The molecule has 1 saturated carbocycles. The monoisotopic (exact) mass is 522 g/mol. The zero-order valence-electron chi connectivity index (χ0n) is 23.0. The number of esters is 1. The Hall–Kier alpha value is -3.22. The largest absolute Gasteiger partial charge is 0.476 e. The smallest absolute Gasteiger partial charge is 0.349 e. The van der Waals surface area contributed by atoms with E-state index in [9.17, 15) is 14.0 Å². The Balaban J connectivity index is 1.52. The minimum atomic E-state index is -1.20. The van der Waals surface area contributed by atoms with Gasteiger partial charge in [0.2, 0.25) is 0 Å². The second-order valence-electron chi connectivity index (χ2n) is 10.8. The van der Waals surface area contributed by atoms with Crippen LogP contribution in [-0.2, 0) is 20.9 Å². The zero-order valence-corrected chi connectivity index (χ0v) is 23.0. The SMILES string of the molecule is CCCCC1=NC2(CCCCC2)C(=O)N1Cc1ccc(-c2cc(OC(C)(C)C(=O)OCC)ccc2F)cc1. The average molecular weight is 523 g/mol. The van der Waals surface area contributed by atoms with Gasteiger partial charge in [-0.25, -0.2) is 9.18 Å². The number of carbonyl (C=O) groups excluding carboxylic acids is 2. The predicted octanol–water partition coefficient (Wildman–Crippen LogP) is 6.85. The molecule has 0 radical (unpaired) electrons. The summed E-state index contributed by atoms with van der Waals surface area (Å²) in [5.74, 6) is 0.543. The van der Waals surface area contributed by atoms with E-state index in [0.29, 0.717) is 23.4 Å². The lowest BCUT2D eigenvalue weighted by molar-refractivity contribution is -0.158. The number of hydrogen-bond donors (Lipinski definition) is 0. The molecule has 0 aromatic heterocycles. The van der Waals surface area contributed by atoms with Crippen molar-refractivity contribution in [3.05, 3.63) is 53.8 Å². The Morgan fingerprint density at radius 2 is 1.79 bits per heavy atom. The number of halogens is 1. The van der Waals surface area contributed by atoms with Crippen LogP contribution in [-0.4, -0.2) is 40.4 Å². The summed E-state index contributed by atoms with van der Waals surface area (Å²) in [4.78, 5) is 32.7. The van der Waals surface area contributed by atoms with Crippen molar-refractivity contribution in [1.82, 2.24) is 4.90 Å². The third-order valence-corrected chi connectivity index (χ3v) is 7.42. The molecule has 38 heavy (non-hydrogen) atoms. The van der Waals surface area contributed by atoms with Crippen LogP contribution in [0.4, 0.5) is 4.39 Å². The summed E-state index contributed by atoms with van der Waals surface area (Å²) in [5.41, 5.74) is 0.251. The standard InChI is InChI=1S/C31H39FN2O4/c1-5-7-11-27-33-31(18-9-8-10-19-31)28(35)34(27)21-22-12-14-23(15-13-22)25-20-24(16-17-26(25)32)38-30(3,4)29(36)37-6-2/h12-17,20H,5-11,18-19,21H2,1-4H3. The molecule has 2 aromatic rings. The Kier molecular flexibility index (Phi) is 8.54. The van der Waals surface area contributed by atoms with Crippen molar-refractivity contribution in [1.29, 1.82) is 0 Å². The number of amidine groups is 1. The van der Waals surface area contributed by atoms with Crippen molar-refractivity contribution in [3.63, 3.8) is 0 Å². The summed E-state index contributed by atoms with van der Waals surface area (Å²) < 4.78 is 25.7. The van der Waals surface area contributed by atoms with Gasteiger partial charge in [0.25, 0.3) is 5.91 Å². The molecule has 204 valence electrons. The summed E-state index contributed by atoms with van der Waals surface area (Å²) in [6.07, 6.45) is 7.79. The quantitative estimate of drug-likeness (QED) is 0.320. The Morgan fingerprint density at radius 1 is 1.08 bits per heavy atom. The van der Waals surface area contributed by atoms with Crippen LogP contribution in [0.25, 0.3) is 11.1 Å². The molecule has 1 spiro atoms. The van der Waals surface area contributed by atoms with Crippen molar-refractivity contribution in [2.75, 3.05) is 6.61 Å². The van der Waals surface area contributed by atoms with E-state index in [1.165, 1.54) is 18.6 Å². The minimum absolute atomic E-state index is 0.132. The lowest BCUT2D eigenvalue weighted by Gasteiger charge is -2.29. The second kappa shape index (κ2) is 11.7. The average Bonchev–Trinajstić information content (AvgIpc) is 3.14. The van der Waals surface area contributed by atoms with Gasteiger partial charge in [0.05, 0.1) is 13.2 Å². The van der Waals surface area contributed by atoms with E-state index >= 15 is 0 Å². The van der Waals surface area contributed by atoms with Crippen molar-refractivity contribution < 1.29 is 23.5 Å². The van der Waals surface area contributed by atoms with Crippen LogP contribution in [0.2, 0.25) is 0 Å². The van der Waals surface area contributed by atoms with Gasteiger partial charge in [-0.05, 0) is 69.4 Å². The molecule has 0 atom stereocenters. The molecule has 0 bridgehead atoms. The summed E-state index contributed by atoms with van der Waals surface area (Å²) in [5, 5.41) is 0. The van der Waals surface area contributed by atoms with E-state index in [0.717, 1.165) is 56.3 Å². The summed E-state index contributed by atoms with van der Waals surface area (Å²) in [6, 6.07) is 12.0. The van der Waals surface area contributed by atoms with Crippen LogP contribution < -0.4 is 4.74 Å². The molecule has 6 nitrogen and oxygen atoms in total. The Labute approximate surface area is 225 Å². The molecule has 0 unspecified atom stereocenters. The maximum absolute atomic E-state index is 14.8. The van der Waals surface area contributed by atoms with Crippen LogP contribution in [0.15, 0.2) is 47.5 Å². The first-order valence-electron chi connectivity index (χ1n) is 13.8. The van der Waals surface area contributed by atoms with Crippen molar-refractivity contribution >= 4 is 17.7 Å². The summed E-state index contributed by atoms with van der Waals surface area (Å²) >= 11 is 0. The highest BCUT2D eigenvalue weighted by molar-refractivity contribution is 6.08. The highest BCUT2D eigenvalue weighted by Gasteiger charge is 2.48. The zero-order chi connectivity index (χ0) is 27.3. The van der Waals surface area contributed by atoms with Crippen LogP contribution in [0.3, 0.4) is 0 Å². The Bertz CT molecular complexity index is 1180. The third kappa shape index (κ3) is 5.92. The molecule has 2 aromatic carbocycles. The van der Waals surface area contributed by atoms with Crippen LogP contribution in [0.1, 0.15) is 84.6 Å². The van der Waals surface area contributed by atoms with Gasteiger partial charge < -0.3 is 9.47 Å². The maximum atomic E-state index is 14.8. The molecule has 0 N–H and O–H groups in total. The van der Waals surface area contributed by atoms with E-state index in [1.54, 1.807) is 26.8 Å². The minimum Gasteiger partial charge on any atom is -0.476 e. The fourth-order valence-corrected chi connectivity index (χ4v) is 5.28. The normalized spacial score (nSPS) is 17.0. The van der Waals surface area contributed by atoms with Crippen LogP contribution in [0.5, 0.6) is 5.75 Å². The van der Waals surface area contributed by atoms with Gasteiger partial charge >= 0.3 is 5.97 Å². The highest BCUT2D eigenvalue weighted by Crippen LogP contribution is 2.39. The lowest BCUT2D eigenvalue weighted by atomic mass is 9.82. The molecule has 2 aliphatic rings. The molecule has 1 heterocycles. The highest BCUT2D eigenvalue weighted by atomic mass is 19.1. The Morgan fingerprint density at radius 3 is 2.45 bits per heavy atom. The number of rotatable bonds is 10. The molecular formula is C31H39FN2O4. The molecule has 4 rings (SSSR count). The van der Waals surface area contributed by atoms with Gasteiger partial charge in [0, 0.05) is 12.0 Å². The molecule has 1 aliphatic carbocycles. The number of ether oxygens (including phenoxy) is 2. The second-order valence-corrected chi connectivity index (χ2v) is 10.8. The van der Waals surface area contributed by atoms with E-state index in [4.69, 9.17) is 14.5 Å². The predicted molar refractivity (Wildman–Crippen MR) is 147 cm³/mol. The first-order chi connectivity index (χ1) is 18.2. The van der Waals surface area contributed by atoms with Gasteiger partial charge in [-0.1, -0.05) is 56.9 Å². The number of carbonyl (C=O) groups is 2. The van der Waals surface area contributed by atoms with Gasteiger partial charge in [-0.15, -0.1) is 0 Å². The summed E-state index contributed by atoms with van der Waals surface area (Å²) in [6.45, 7) is 7.84. The third-order valence-electron chi connectivity index (χ3n) is 7.42. The molecule has 1 amide bonds. The first kappa shape index (κ1) is 27.8. The molecular weight excluding hydrogens is 483 g/mol. The van der Waals surface area contributed by atoms with Crippen molar-refractivity contribution in [2.24, 2.45) is 4.99 Å². The lowest BCUT2D eigenvalue weighted by Crippen LogP contribution is -2.43. The number of amides is 1. The van der Waals surface area contributed by atoms with E-state index < -0.39 is 17.1 Å². The molecule has 1 fully saturated rings. The number of nitrogens with zero attached hydrogens (tertiary/aromatic N) is 2. The molecule has 7 heteroatoms. The number of unbranched alkanes of at least 4 members (excludes halogenated alkanes) is 1. The van der Waals surface area contributed by atoms with Gasteiger partial charge in [-0.3, -0.25) is 14.7 Å². The fraction of sp³-hybridized carbons (Fsp3) is 0.516. The van der Waals surface area contributed by atoms with Crippen LogP contribution in [0, 0.1) is 5.82 Å². The topological polar surface area (TPSA) is 68.2 Å². The number of aliphatic imine (C=N–C) groups is 1. The van der Waals surface area contributed by atoms with E-state index in [-0.39, 0.29) is 18.3 Å².